The molecule has 0 saturated carbocycles. The molecule has 2 aromatic carbocycles. The summed E-state index contributed by atoms with van der Waals surface area (Å²) in [5, 5.41) is 3.79. The van der Waals surface area contributed by atoms with Crippen LogP contribution in [-0.2, 0) is 9.59 Å². The molecule has 1 N–H and O–H groups in total. The average Bonchev–Trinajstić information content (AvgIpc) is 2.56. The third-order valence-electron chi connectivity index (χ3n) is 2.82. The zero-order valence-corrected chi connectivity index (χ0v) is 14.5. The number of carbonyl (C=O) groups excluding carboxylic acids is 2. The SMILES string of the molecule is CC(=O)NN=Cc1cc(Br)ccc1OC(=O)C=Cc1ccccc1. The second-order valence-corrected chi connectivity index (χ2v) is 5.69. The Morgan fingerprint density at radius 2 is 1.92 bits per heavy atom. The topological polar surface area (TPSA) is 67.8 Å². The Morgan fingerprint density at radius 3 is 2.62 bits per heavy atom. The average molecular weight is 387 g/mol. The molecule has 0 aliphatic carbocycles. The number of rotatable bonds is 5. The zero-order chi connectivity index (χ0) is 17.4. The number of hydrogen-bond donors (Lipinski definition) is 1. The Bertz CT molecular complexity index is 786. The third-order valence-corrected chi connectivity index (χ3v) is 3.31. The van der Waals surface area contributed by atoms with E-state index in [2.05, 4.69) is 26.5 Å². The second kappa shape index (κ2) is 8.79. The van der Waals surface area contributed by atoms with Gasteiger partial charge in [0.25, 0.3) is 0 Å². The van der Waals surface area contributed by atoms with Crippen molar-refractivity contribution in [3.05, 3.63) is 70.2 Å². The molecule has 6 heteroatoms. The summed E-state index contributed by atoms with van der Waals surface area (Å²) in [6.45, 7) is 1.35. The summed E-state index contributed by atoms with van der Waals surface area (Å²) in [7, 11) is 0. The highest BCUT2D eigenvalue weighted by Gasteiger charge is 2.07. The standard InChI is InChI=1S/C18H15BrN2O3/c1-13(22)21-20-12-15-11-16(19)8-9-17(15)24-18(23)10-7-14-5-3-2-4-6-14/h2-12H,1H3,(H,21,22). The first kappa shape index (κ1) is 17.6. The van der Waals surface area contributed by atoms with Crippen molar-refractivity contribution in [3.8, 4) is 5.75 Å². The molecule has 24 heavy (non-hydrogen) atoms. The lowest BCUT2D eigenvalue weighted by Gasteiger charge is -2.06. The van der Waals surface area contributed by atoms with Crippen molar-refractivity contribution in [1.82, 2.24) is 5.43 Å². The number of amides is 1. The van der Waals surface area contributed by atoms with Crippen molar-refractivity contribution in [2.24, 2.45) is 5.10 Å². The Labute approximate surface area is 148 Å². The van der Waals surface area contributed by atoms with Gasteiger partial charge in [-0.1, -0.05) is 46.3 Å². The number of hydrogen-bond acceptors (Lipinski definition) is 4. The molecule has 0 heterocycles. The first-order chi connectivity index (χ1) is 11.5. The Balaban J connectivity index is 2.10. The number of nitrogens with one attached hydrogen (secondary N) is 1. The summed E-state index contributed by atoms with van der Waals surface area (Å²) in [5.74, 6) is -0.448. The van der Waals surface area contributed by atoms with E-state index in [4.69, 9.17) is 4.74 Å². The van der Waals surface area contributed by atoms with Gasteiger partial charge in [0.2, 0.25) is 5.91 Å². The van der Waals surface area contributed by atoms with Crippen LogP contribution in [0.1, 0.15) is 18.1 Å². The zero-order valence-electron chi connectivity index (χ0n) is 12.9. The summed E-state index contributed by atoms with van der Waals surface area (Å²) in [4.78, 5) is 22.8. The van der Waals surface area contributed by atoms with Crippen molar-refractivity contribution in [2.45, 2.75) is 6.92 Å². The summed E-state index contributed by atoms with van der Waals surface area (Å²) >= 11 is 3.34. The van der Waals surface area contributed by atoms with Crippen molar-refractivity contribution in [1.29, 1.82) is 0 Å². The number of nitrogens with zero attached hydrogens (tertiary/aromatic N) is 1. The molecular formula is C18H15BrN2O3. The van der Waals surface area contributed by atoms with Crippen LogP contribution in [0.3, 0.4) is 0 Å². The maximum absolute atomic E-state index is 12.0. The molecule has 0 aromatic heterocycles. The molecular weight excluding hydrogens is 372 g/mol. The molecule has 0 radical (unpaired) electrons. The lowest BCUT2D eigenvalue weighted by Crippen LogP contribution is -2.12. The Morgan fingerprint density at radius 1 is 1.17 bits per heavy atom. The molecule has 2 aromatic rings. The smallest absolute Gasteiger partial charge is 0.336 e. The highest BCUT2D eigenvalue weighted by molar-refractivity contribution is 9.10. The van der Waals surface area contributed by atoms with Gasteiger partial charge < -0.3 is 4.74 Å². The summed E-state index contributed by atoms with van der Waals surface area (Å²) < 4.78 is 6.13. The molecule has 0 spiro atoms. The Kier molecular flexibility index (Phi) is 6.45. The molecule has 2 rings (SSSR count). The third kappa shape index (κ3) is 5.81. The van der Waals surface area contributed by atoms with Gasteiger partial charge >= 0.3 is 5.97 Å². The molecule has 0 saturated heterocycles. The molecule has 0 bridgehead atoms. The number of halogens is 1. The largest absolute Gasteiger partial charge is 0.423 e. The quantitative estimate of drug-likeness (QED) is 0.281. The van der Waals surface area contributed by atoms with Gasteiger partial charge in [0, 0.05) is 23.0 Å². The molecule has 0 aliphatic heterocycles. The predicted molar refractivity (Wildman–Crippen MR) is 96.7 cm³/mol. The highest BCUT2D eigenvalue weighted by Crippen LogP contribution is 2.22. The van der Waals surface area contributed by atoms with Crippen molar-refractivity contribution < 1.29 is 14.3 Å². The monoisotopic (exact) mass is 386 g/mol. The van der Waals surface area contributed by atoms with Crippen LogP contribution in [0.4, 0.5) is 0 Å². The summed E-state index contributed by atoms with van der Waals surface area (Å²) in [6.07, 6.45) is 4.44. The number of hydrazone groups is 1. The minimum Gasteiger partial charge on any atom is -0.423 e. The van der Waals surface area contributed by atoms with E-state index in [1.54, 1.807) is 24.3 Å². The van der Waals surface area contributed by atoms with Crippen LogP contribution in [0, 0.1) is 0 Å². The molecule has 122 valence electrons. The molecule has 0 aliphatic rings. The van der Waals surface area contributed by atoms with E-state index in [-0.39, 0.29) is 5.91 Å². The number of esters is 1. The minimum atomic E-state index is -0.504. The highest BCUT2D eigenvalue weighted by atomic mass is 79.9. The molecule has 0 unspecified atom stereocenters. The van der Waals surface area contributed by atoms with Gasteiger partial charge in [-0.25, -0.2) is 10.2 Å². The van der Waals surface area contributed by atoms with E-state index in [1.807, 2.05) is 30.3 Å². The van der Waals surface area contributed by atoms with Crippen molar-refractivity contribution in [2.75, 3.05) is 0 Å². The van der Waals surface area contributed by atoms with Crippen LogP contribution in [-0.4, -0.2) is 18.1 Å². The van der Waals surface area contributed by atoms with Gasteiger partial charge in [-0.2, -0.15) is 5.10 Å². The van der Waals surface area contributed by atoms with E-state index in [1.165, 1.54) is 19.2 Å². The van der Waals surface area contributed by atoms with Crippen LogP contribution in [0.5, 0.6) is 5.75 Å². The van der Waals surface area contributed by atoms with Crippen LogP contribution < -0.4 is 10.2 Å². The molecule has 0 atom stereocenters. The van der Waals surface area contributed by atoms with E-state index >= 15 is 0 Å². The molecule has 0 fully saturated rings. The van der Waals surface area contributed by atoms with Crippen LogP contribution in [0.25, 0.3) is 6.08 Å². The fourth-order valence-electron chi connectivity index (χ4n) is 1.78. The summed E-state index contributed by atoms with van der Waals surface area (Å²) in [6, 6.07) is 14.6. The summed E-state index contributed by atoms with van der Waals surface area (Å²) in [5.41, 5.74) is 3.76. The predicted octanol–water partition coefficient (Wildman–Crippen LogP) is 3.54. The van der Waals surface area contributed by atoms with Gasteiger partial charge in [0.1, 0.15) is 5.75 Å². The van der Waals surface area contributed by atoms with Crippen LogP contribution >= 0.6 is 15.9 Å². The van der Waals surface area contributed by atoms with Crippen molar-refractivity contribution in [3.63, 3.8) is 0 Å². The maximum Gasteiger partial charge on any atom is 0.336 e. The van der Waals surface area contributed by atoms with Gasteiger partial charge in [-0.3, -0.25) is 4.79 Å². The first-order valence-electron chi connectivity index (χ1n) is 7.09. The van der Waals surface area contributed by atoms with E-state index < -0.39 is 5.97 Å². The number of carbonyl (C=O) groups is 2. The van der Waals surface area contributed by atoms with E-state index in [0.717, 1.165) is 10.0 Å². The number of benzene rings is 2. The van der Waals surface area contributed by atoms with Gasteiger partial charge in [-0.15, -0.1) is 0 Å². The fraction of sp³-hybridized carbons (Fsp3) is 0.0556. The maximum atomic E-state index is 12.0. The van der Waals surface area contributed by atoms with Gasteiger partial charge in [0.05, 0.1) is 6.21 Å². The normalized spacial score (nSPS) is 10.9. The Hall–Kier alpha value is -2.73. The van der Waals surface area contributed by atoms with Crippen LogP contribution in [0.2, 0.25) is 0 Å². The van der Waals surface area contributed by atoms with E-state index in [9.17, 15) is 9.59 Å². The van der Waals surface area contributed by atoms with Crippen molar-refractivity contribution >= 4 is 40.1 Å². The fourth-order valence-corrected chi connectivity index (χ4v) is 2.16. The number of ether oxygens (including phenoxy) is 1. The lowest BCUT2D eigenvalue weighted by atomic mass is 10.2. The van der Waals surface area contributed by atoms with Gasteiger partial charge in [0.15, 0.2) is 0 Å². The first-order valence-corrected chi connectivity index (χ1v) is 7.88. The minimum absolute atomic E-state index is 0.286. The molecule has 5 nitrogen and oxygen atoms in total. The van der Waals surface area contributed by atoms with Gasteiger partial charge in [-0.05, 0) is 29.8 Å². The lowest BCUT2D eigenvalue weighted by molar-refractivity contribution is -0.129. The molecule has 1 amide bonds. The van der Waals surface area contributed by atoms with E-state index in [0.29, 0.717) is 11.3 Å². The van der Waals surface area contributed by atoms with Crippen LogP contribution in [0.15, 0.2) is 64.2 Å². The second-order valence-electron chi connectivity index (χ2n) is 4.77.